The largest absolute Gasteiger partial charge is 0.433 e. The Bertz CT molecular complexity index is 407. The van der Waals surface area contributed by atoms with Crippen LogP contribution in [-0.4, -0.2) is 22.4 Å². The highest BCUT2D eigenvalue weighted by Gasteiger charge is 2.73. The second kappa shape index (κ2) is 4.37. The highest BCUT2D eigenvalue weighted by molar-refractivity contribution is 7.11. The van der Waals surface area contributed by atoms with Crippen LogP contribution in [0.15, 0.2) is 6.20 Å². The molecule has 1 heterocycles. The zero-order chi connectivity index (χ0) is 14.4. The summed E-state index contributed by atoms with van der Waals surface area (Å²) in [5.41, 5.74) is -4.92. The molecule has 1 aromatic heterocycles. The van der Waals surface area contributed by atoms with E-state index in [1.807, 2.05) is 0 Å². The summed E-state index contributed by atoms with van der Waals surface area (Å²) in [6.45, 7) is 3.19. The van der Waals surface area contributed by atoms with Crippen molar-refractivity contribution < 1.29 is 31.4 Å². The van der Waals surface area contributed by atoms with Crippen molar-refractivity contribution in [3.63, 3.8) is 0 Å². The van der Waals surface area contributed by atoms with Gasteiger partial charge in [0.15, 0.2) is 0 Å². The average molecular weight is 293 g/mol. The van der Waals surface area contributed by atoms with E-state index < -0.39 is 23.0 Å². The lowest BCUT2D eigenvalue weighted by Crippen LogP contribution is -2.53. The van der Waals surface area contributed by atoms with Gasteiger partial charge >= 0.3 is 18.0 Å². The molecule has 0 bridgehead atoms. The first kappa shape index (κ1) is 15.2. The average Bonchev–Trinajstić information content (AvgIpc) is 2.61. The first-order valence-corrected chi connectivity index (χ1v) is 5.55. The molecule has 18 heavy (non-hydrogen) atoms. The summed E-state index contributed by atoms with van der Waals surface area (Å²) in [4.78, 5) is 3.30. The predicted molar refractivity (Wildman–Crippen MR) is 52.2 cm³/mol. The molecule has 2 nitrogen and oxygen atoms in total. The monoisotopic (exact) mass is 293 g/mol. The Hall–Kier alpha value is -0.830. The van der Waals surface area contributed by atoms with Crippen molar-refractivity contribution in [2.24, 2.45) is 0 Å². The van der Waals surface area contributed by atoms with Crippen LogP contribution < -0.4 is 0 Å². The fourth-order valence-corrected chi connectivity index (χ4v) is 2.17. The minimum Gasteiger partial charge on any atom is -0.368 e. The minimum absolute atomic E-state index is 0.201. The SMILES string of the molecule is CC(C)c1cnc(C(O)(C(F)(F)F)C(F)(F)F)s1. The molecule has 0 saturated carbocycles. The van der Waals surface area contributed by atoms with Gasteiger partial charge in [-0.15, -0.1) is 11.3 Å². The molecule has 1 rings (SSSR count). The van der Waals surface area contributed by atoms with E-state index in [2.05, 4.69) is 4.98 Å². The second-order valence-corrected chi connectivity index (χ2v) is 4.99. The summed E-state index contributed by atoms with van der Waals surface area (Å²) in [6.07, 6.45) is -10.8. The molecule has 0 fully saturated rings. The number of aliphatic hydroxyl groups is 1. The number of halogens is 6. The van der Waals surface area contributed by atoms with Crippen LogP contribution in [0.25, 0.3) is 0 Å². The summed E-state index contributed by atoms with van der Waals surface area (Å²) in [5, 5.41) is 7.64. The Kier molecular flexibility index (Phi) is 3.70. The van der Waals surface area contributed by atoms with Crippen molar-refractivity contribution in [3.8, 4) is 0 Å². The van der Waals surface area contributed by atoms with Gasteiger partial charge in [0.05, 0.1) is 0 Å². The van der Waals surface area contributed by atoms with Gasteiger partial charge in [-0.05, 0) is 5.92 Å². The highest BCUT2D eigenvalue weighted by atomic mass is 32.1. The molecular weight excluding hydrogens is 284 g/mol. The summed E-state index contributed by atoms with van der Waals surface area (Å²) < 4.78 is 75.0. The first-order valence-electron chi connectivity index (χ1n) is 4.73. The van der Waals surface area contributed by atoms with Crippen molar-refractivity contribution in [2.75, 3.05) is 0 Å². The summed E-state index contributed by atoms with van der Waals surface area (Å²) in [5.74, 6) is -0.276. The van der Waals surface area contributed by atoms with E-state index >= 15 is 0 Å². The molecule has 0 saturated heterocycles. The zero-order valence-electron chi connectivity index (χ0n) is 9.23. The lowest BCUT2D eigenvalue weighted by molar-refractivity contribution is -0.376. The summed E-state index contributed by atoms with van der Waals surface area (Å²) in [7, 11) is 0. The second-order valence-electron chi connectivity index (χ2n) is 3.93. The molecule has 0 atom stereocenters. The van der Waals surface area contributed by atoms with Crippen LogP contribution in [0.3, 0.4) is 0 Å². The van der Waals surface area contributed by atoms with E-state index in [1.165, 1.54) is 0 Å². The van der Waals surface area contributed by atoms with Crippen molar-refractivity contribution in [2.45, 2.75) is 37.7 Å². The topological polar surface area (TPSA) is 33.1 Å². The maximum Gasteiger partial charge on any atom is 0.433 e. The lowest BCUT2D eigenvalue weighted by Gasteiger charge is -2.30. The Balaban J connectivity index is 3.36. The quantitative estimate of drug-likeness (QED) is 0.845. The molecule has 0 aliphatic carbocycles. The van der Waals surface area contributed by atoms with Crippen molar-refractivity contribution in [1.82, 2.24) is 4.98 Å². The summed E-state index contributed by atoms with van der Waals surface area (Å²) >= 11 is 0.201. The van der Waals surface area contributed by atoms with E-state index in [-0.39, 0.29) is 22.1 Å². The standard InChI is InChI=1S/C9H9F6NOS/c1-4(2)5-3-16-6(18-5)7(17,8(10,11)12)9(13,14)15/h3-4,17H,1-2H3. The number of hydrogen-bond donors (Lipinski definition) is 1. The highest BCUT2D eigenvalue weighted by Crippen LogP contribution is 2.51. The number of alkyl halides is 6. The van der Waals surface area contributed by atoms with E-state index in [4.69, 9.17) is 5.11 Å². The van der Waals surface area contributed by atoms with E-state index in [1.54, 1.807) is 13.8 Å². The van der Waals surface area contributed by atoms with Gasteiger partial charge < -0.3 is 5.11 Å². The fourth-order valence-electron chi connectivity index (χ4n) is 1.12. The Labute approximate surface area is 102 Å². The third-order valence-corrected chi connectivity index (χ3v) is 3.63. The van der Waals surface area contributed by atoms with Crippen LogP contribution in [0, 0.1) is 0 Å². The van der Waals surface area contributed by atoms with Crippen LogP contribution in [0.4, 0.5) is 26.3 Å². The van der Waals surface area contributed by atoms with E-state index in [0.717, 1.165) is 6.20 Å². The van der Waals surface area contributed by atoms with Gasteiger partial charge in [0, 0.05) is 11.1 Å². The molecule has 0 aliphatic rings. The molecule has 0 amide bonds. The minimum atomic E-state index is -5.88. The molecule has 104 valence electrons. The van der Waals surface area contributed by atoms with E-state index in [0.29, 0.717) is 0 Å². The fraction of sp³-hybridized carbons (Fsp3) is 0.667. The third kappa shape index (κ3) is 2.33. The van der Waals surface area contributed by atoms with Gasteiger partial charge in [-0.2, -0.15) is 26.3 Å². The van der Waals surface area contributed by atoms with Gasteiger partial charge in [0.2, 0.25) is 0 Å². The lowest BCUT2D eigenvalue weighted by atomic mass is 10.0. The molecule has 1 aromatic rings. The maximum absolute atomic E-state index is 12.5. The number of rotatable bonds is 2. The number of nitrogens with zero attached hydrogens (tertiary/aromatic N) is 1. The van der Waals surface area contributed by atoms with Gasteiger partial charge in [0.1, 0.15) is 5.01 Å². The van der Waals surface area contributed by atoms with Gasteiger partial charge in [-0.25, -0.2) is 4.98 Å². The Morgan fingerprint density at radius 3 is 1.83 bits per heavy atom. The molecule has 0 aromatic carbocycles. The van der Waals surface area contributed by atoms with Gasteiger partial charge in [0.25, 0.3) is 0 Å². The first-order chi connectivity index (χ1) is 7.91. The Morgan fingerprint density at radius 2 is 1.56 bits per heavy atom. The predicted octanol–water partition coefficient (Wildman–Crippen LogP) is 3.58. The number of thiazole rings is 1. The van der Waals surface area contributed by atoms with Gasteiger partial charge in [-0.1, -0.05) is 13.8 Å². The maximum atomic E-state index is 12.5. The number of aromatic nitrogens is 1. The molecule has 0 spiro atoms. The smallest absolute Gasteiger partial charge is 0.368 e. The van der Waals surface area contributed by atoms with Crippen LogP contribution in [0.5, 0.6) is 0 Å². The molecule has 0 aliphatic heterocycles. The summed E-state index contributed by atoms with van der Waals surface area (Å²) in [6, 6.07) is 0. The van der Waals surface area contributed by atoms with Crippen LogP contribution in [0.1, 0.15) is 29.7 Å². The normalized spacial score (nSPS) is 14.3. The molecule has 0 radical (unpaired) electrons. The molecule has 0 unspecified atom stereocenters. The molecular formula is C9H9F6NOS. The van der Waals surface area contributed by atoms with Crippen LogP contribution >= 0.6 is 11.3 Å². The van der Waals surface area contributed by atoms with Crippen LogP contribution in [-0.2, 0) is 5.60 Å². The van der Waals surface area contributed by atoms with Crippen molar-refractivity contribution >= 4 is 11.3 Å². The zero-order valence-corrected chi connectivity index (χ0v) is 10.0. The van der Waals surface area contributed by atoms with Crippen LogP contribution in [0.2, 0.25) is 0 Å². The van der Waals surface area contributed by atoms with E-state index in [9.17, 15) is 26.3 Å². The Morgan fingerprint density at radius 1 is 1.11 bits per heavy atom. The van der Waals surface area contributed by atoms with Crippen molar-refractivity contribution in [1.29, 1.82) is 0 Å². The third-order valence-electron chi connectivity index (χ3n) is 2.22. The number of hydrogen-bond acceptors (Lipinski definition) is 3. The molecule has 1 N–H and O–H groups in total. The van der Waals surface area contributed by atoms with Crippen molar-refractivity contribution in [3.05, 3.63) is 16.1 Å². The van der Waals surface area contributed by atoms with Gasteiger partial charge in [-0.3, -0.25) is 0 Å². The molecule has 9 heteroatoms.